The van der Waals surface area contributed by atoms with Gasteiger partial charge in [-0.15, -0.1) is 0 Å². The first-order valence-electron chi connectivity index (χ1n) is 9.07. The first-order valence-corrected chi connectivity index (χ1v) is 9.07. The van der Waals surface area contributed by atoms with Gasteiger partial charge in [-0.3, -0.25) is 14.6 Å². The highest BCUT2D eigenvalue weighted by Crippen LogP contribution is 2.30. The molecule has 0 bridgehead atoms. The van der Waals surface area contributed by atoms with Crippen molar-refractivity contribution in [1.82, 2.24) is 9.88 Å². The van der Waals surface area contributed by atoms with Crippen LogP contribution in [-0.2, 0) is 16.1 Å². The van der Waals surface area contributed by atoms with Crippen molar-refractivity contribution in [2.45, 2.75) is 19.6 Å². The fraction of sp³-hybridized carbons (Fsp3) is 0.350. The van der Waals surface area contributed by atoms with Crippen LogP contribution in [-0.4, -0.2) is 54.1 Å². The molecule has 3 rings (SSSR count). The molecule has 2 N–H and O–H groups in total. The third-order valence-electron chi connectivity index (χ3n) is 4.28. The minimum Gasteiger partial charge on any atom is -0.490 e. The summed E-state index contributed by atoms with van der Waals surface area (Å²) in [7, 11) is 0. The lowest BCUT2D eigenvalue weighted by atomic mass is 10.1. The van der Waals surface area contributed by atoms with E-state index in [1.165, 1.54) is 0 Å². The fourth-order valence-electron chi connectivity index (χ4n) is 2.86. The average molecular weight is 385 g/mol. The molecular formula is C20H23N3O5. The van der Waals surface area contributed by atoms with E-state index in [9.17, 15) is 9.59 Å². The largest absolute Gasteiger partial charge is 0.490 e. The summed E-state index contributed by atoms with van der Waals surface area (Å²) in [5.41, 5.74) is 6.66. The minimum atomic E-state index is -0.786. The molecule has 0 radical (unpaired) electrons. The molecule has 1 aromatic carbocycles. The van der Waals surface area contributed by atoms with Crippen molar-refractivity contribution in [3.05, 3.63) is 53.9 Å². The number of hydrogen-bond donors (Lipinski definition) is 1. The normalized spacial score (nSPS) is 16.5. The molecule has 1 saturated heterocycles. The van der Waals surface area contributed by atoms with E-state index in [0.717, 1.165) is 5.56 Å². The van der Waals surface area contributed by atoms with E-state index < -0.39 is 12.0 Å². The molecule has 1 atom stereocenters. The third kappa shape index (κ3) is 4.77. The number of pyridine rings is 1. The molecule has 0 saturated carbocycles. The van der Waals surface area contributed by atoms with Gasteiger partial charge < -0.3 is 24.8 Å². The zero-order valence-electron chi connectivity index (χ0n) is 15.7. The van der Waals surface area contributed by atoms with E-state index in [4.69, 9.17) is 19.9 Å². The van der Waals surface area contributed by atoms with Crippen LogP contribution in [0, 0.1) is 0 Å². The molecular weight excluding hydrogens is 362 g/mol. The van der Waals surface area contributed by atoms with Gasteiger partial charge in [0.2, 0.25) is 5.91 Å². The maximum Gasteiger partial charge on any atom is 0.254 e. The van der Waals surface area contributed by atoms with Crippen LogP contribution >= 0.6 is 0 Å². The molecule has 1 aliphatic rings. The third-order valence-corrected chi connectivity index (χ3v) is 4.28. The highest BCUT2D eigenvalue weighted by atomic mass is 16.5. The number of primary amides is 1. The number of ether oxygens (including phenoxy) is 3. The Morgan fingerprint density at radius 2 is 2.14 bits per heavy atom. The lowest BCUT2D eigenvalue weighted by molar-refractivity contribution is -0.133. The summed E-state index contributed by atoms with van der Waals surface area (Å²) in [6.45, 7) is 3.43. The second kappa shape index (κ2) is 9.18. The Labute approximate surface area is 163 Å². The summed E-state index contributed by atoms with van der Waals surface area (Å²) in [5.74, 6) is 0.233. The zero-order valence-corrected chi connectivity index (χ0v) is 15.7. The predicted molar refractivity (Wildman–Crippen MR) is 101 cm³/mol. The van der Waals surface area contributed by atoms with Gasteiger partial charge in [-0.25, -0.2) is 0 Å². The Balaban J connectivity index is 1.74. The Kier molecular flexibility index (Phi) is 6.44. The van der Waals surface area contributed by atoms with Gasteiger partial charge in [0, 0.05) is 30.1 Å². The summed E-state index contributed by atoms with van der Waals surface area (Å²) in [6.07, 6.45) is 2.64. The molecule has 8 heteroatoms. The molecule has 2 amide bonds. The number of benzene rings is 1. The SMILES string of the molecule is CCOc1cc(C(=O)N2CCOC(C(N)=O)C2)ccc1OCc1cccnc1. The van der Waals surface area contributed by atoms with Crippen LogP contribution in [0.5, 0.6) is 11.5 Å². The van der Waals surface area contributed by atoms with E-state index in [-0.39, 0.29) is 19.1 Å². The number of carbonyl (C=O) groups excluding carboxylic acids is 2. The van der Waals surface area contributed by atoms with Crippen LogP contribution in [0.15, 0.2) is 42.7 Å². The number of nitrogens with two attached hydrogens (primary N) is 1. The van der Waals surface area contributed by atoms with Crippen LogP contribution in [0.1, 0.15) is 22.8 Å². The predicted octanol–water partition coefficient (Wildman–Crippen LogP) is 1.39. The van der Waals surface area contributed by atoms with Gasteiger partial charge in [-0.05, 0) is 31.2 Å². The van der Waals surface area contributed by atoms with Crippen LogP contribution in [0.25, 0.3) is 0 Å². The Morgan fingerprint density at radius 1 is 1.29 bits per heavy atom. The molecule has 8 nitrogen and oxygen atoms in total. The first kappa shape index (κ1) is 19.6. The monoisotopic (exact) mass is 385 g/mol. The molecule has 1 aliphatic heterocycles. The quantitative estimate of drug-likeness (QED) is 0.772. The van der Waals surface area contributed by atoms with Crippen LogP contribution in [0.2, 0.25) is 0 Å². The van der Waals surface area contributed by atoms with Crippen molar-refractivity contribution in [2.24, 2.45) is 5.73 Å². The van der Waals surface area contributed by atoms with E-state index in [0.29, 0.717) is 36.8 Å². The lowest BCUT2D eigenvalue weighted by Gasteiger charge is -2.31. The summed E-state index contributed by atoms with van der Waals surface area (Å²) in [6, 6.07) is 8.79. The molecule has 28 heavy (non-hydrogen) atoms. The van der Waals surface area contributed by atoms with Gasteiger partial charge >= 0.3 is 0 Å². The summed E-state index contributed by atoms with van der Waals surface area (Å²) in [4.78, 5) is 29.8. The smallest absolute Gasteiger partial charge is 0.254 e. The fourth-order valence-corrected chi connectivity index (χ4v) is 2.86. The van der Waals surface area contributed by atoms with Crippen molar-refractivity contribution < 1.29 is 23.8 Å². The molecule has 1 fully saturated rings. The molecule has 1 aromatic heterocycles. The van der Waals surface area contributed by atoms with E-state index >= 15 is 0 Å². The maximum atomic E-state index is 12.8. The number of hydrogen-bond acceptors (Lipinski definition) is 6. The standard InChI is InChI=1S/C20H23N3O5/c1-2-26-17-10-15(20(25)23-8-9-27-18(12-23)19(21)24)5-6-16(17)28-13-14-4-3-7-22-11-14/h3-7,10-11,18H,2,8-9,12-13H2,1H3,(H2,21,24). The van der Waals surface area contributed by atoms with Gasteiger partial charge in [0.05, 0.1) is 19.8 Å². The average Bonchev–Trinajstić information content (AvgIpc) is 2.73. The molecule has 2 heterocycles. The van der Waals surface area contributed by atoms with E-state index in [1.807, 2.05) is 19.1 Å². The number of carbonyl (C=O) groups is 2. The Hall–Kier alpha value is -3.13. The summed E-state index contributed by atoms with van der Waals surface area (Å²) < 4.78 is 16.8. The summed E-state index contributed by atoms with van der Waals surface area (Å²) in [5, 5.41) is 0. The van der Waals surface area contributed by atoms with Crippen molar-refractivity contribution in [3.63, 3.8) is 0 Å². The zero-order chi connectivity index (χ0) is 19.9. The molecule has 148 valence electrons. The number of rotatable bonds is 7. The van der Waals surface area contributed by atoms with E-state index in [2.05, 4.69) is 4.98 Å². The van der Waals surface area contributed by atoms with Crippen LogP contribution < -0.4 is 15.2 Å². The highest BCUT2D eigenvalue weighted by Gasteiger charge is 2.28. The van der Waals surface area contributed by atoms with Gasteiger partial charge in [0.15, 0.2) is 17.6 Å². The highest BCUT2D eigenvalue weighted by molar-refractivity contribution is 5.95. The Morgan fingerprint density at radius 3 is 2.86 bits per heavy atom. The molecule has 1 unspecified atom stereocenters. The molecule has 0 aliphatic carbocycles. The number of nitrogens with zero attached hydrogens (tertiary/aromatic N) is 2. The maximum absolute atomic E-state index is 12.8. The Bertz CT molecular complexity index is 828. The lowest BCUT2D eigenvalue weighted by Crippen LogP contribution is -2.50. The van der Waals surface area contributed by atoms with Crippen LogP contribution in [0.4, 0.5) is 0 Å². The second-order valence-electron chi connectivity index (χ2n) is 6.26. The minimum absolute atomic E-state index is 0.136. The molecule has 0 spiro atoms. The number of amides is 2. The van der Waals surface area contributed by atoms with Crippen molar-refractivity contribution in [1.29, 1.82) is 0 Å². The van der Waals surface area contributed by atoms with Gasteiger partial charge in [-0.2, -0.15) is 0 Å². The second-order valence-corrected chi connectivity index (χ2v) is 6.26. The van der Waals surface area contributed by atoms with Gasteiger partial charge in [0.1, 0.15) is 6.61 Å². The van der Waals surface area contributed by atoms with Gasteiger partial charge in [0.25, 0.3) is 5.91 Å². The topological polar surface area (TPSA) is 104 Å². The van der Waals surface area contributed by atoms with Crippen molar-refractivity contribution in [3.8, 4) is 11.5 Å². The molecule has 2 aromatic rings. The number of aromatic nitrogens is 1. The van der Waals surface area contributed by atoms with Crippen molar-refractivity contribution in [2.75, 3.05) is 26.3 Å². The first-order chi connectivity index (χ1) is 13.6. The summed E-state index contributed by atoms with van der Waals surface area (Å²) >= 11 is 0. The van der Waals surface area contributed by atoms with Crippen molar-refractivity contribution >= 4 is 11.8 Å². The van der Waals surface area contributed by atoms with Gasteiger partial charge in [-0.1, -0.05) is 6.07 Å². The number of morpholine rings is 1. The van der Waals surface area contributed by atoms with E-state index in [1.54, 1.807) is 35.5 Å². The van der Waals surface area contributed by atoms with Crippen LogP contribution in [0.3, 0.4) is 0 Å².